The van der Waals surface area contributed by atoms with Crippen molar-refractivity contribution in [2.75, 3.05) is 12.9 Å². The van der Waals surface area contributed by atoms with Crippen molar-refractivity contribution in [3.05, 3.63) is 59.4 Å². The maximum atomic E-state index is 13.4. The molecule has 26 heavy (non-hydrogen) atoms. The molecule has 3 rings (SSSR count). The number of methoxy groups -OCH3 is 1. The molecule has 2 aromatic rings. The number of benzene rings is 2. The molecule has 0 bridgehead atoms. The zero-order valence-electron chi connectivity index (χ0n) is 15.3. The average molecular weight is 377 g/mol. The van der Waals surface area contributed by atoms with Crippen LogP contribution in [-0.2, 0) is 9.84 Å². The van der Waals surface area contributed by atoms with Gasteiger partial charge in [0.05, 0.1) is 23.8 Å². The molecule has 0 saturated carbocycles. The first-order valence-corrected chi connectivity index (χ1v) is 10.4. The summed E-state index contributed by atoms with van der Waals surface area (Å²) < 4.78 is 45.0. The van der Waals surface area contributed by atoms with Crippen molar-refractivity contribution < 1.29 is 17.5 Å². The van der Waals surface area contributed by atoms with E-state index in [1.165, 1.54) is 19.2 Å². The SMILES string of the molecule is CCC1(CC)CS(=O)(=O)c2cc(OC)ccc2C(c2ccc(F)cc2)N1. The van der Waals surface area contributed by atoms with Gasteiger partial charge in [0.15, 0.2) is 9.84 Å². The lowest BCUT2D eigenvalue weighted by molar-refractivity contribution is 0.313. The second-order valence-electron chi connectivity index (χ2n) is 6.78. The Morgan fingerprint density at radius 2 is 1.81 bits per heavy atom. The van der Waals surface area contributed by atoms with Gasteiger partial charge in [-0.05, 0) is 48.2 Å². The Balaban J connectivity index is 2.25. The van der Waals surface area contributed by atoms with Crippen LogP contribution in [0.5, 0.6) is 5.75 Å². The number of halogens is 1. The minimum absolute atomic E-state index is 0.0187. The first-order chi connectivity index (χ1) is 12.3. The van der Waals surface area contributed by atoms with Crippen LogP contribution >= 0.6 is 0 Å². The maximum Gasteiger partial charge on any atom is 0.180 e. The lowest BCUT2D eigenvalue weighted by Crippen LogP contribution is -2.49. The second-order valence-corrected chi connectivity index (χ2v) is 8.74. The molecule has 1 aliphatic rings. The molecule has 0 saturated heterocycles. The third-order valence-corrected chi connectivity index (χ3v) is 7.30. The molecule has 6 heteroatoms. The minimum Gasteiger partial charge on any atom is -0.497 e. The molecular formula is C20H24FNO3S. The predicted molar refractivity (Wildman–Crippen MR) is 99.7 cm³/mol. The highest BCUT2D eigenvalue weighted by Crippen LogP contribution is 2.38. The fourth-order valence-electron chi connectivity index (χ4n) is 3.59. The largest absolute Gasteiger partial charge is 0.497 e. The van der Waals surface area contributed by atoms with Gasteiger partial charge in [-0.15, -0.1) is 0 Å². The normalized spacial score (nSPS) is 20.8. The van der Waals surface area contributed by atoms with Crippen LogP contribution < -0.4 is 10.1 Å². The summed E-state index contributed by atoms with van der Waals surface area (Å²) in [4.78, 5) is 0.280. The van der Waals surface area contributed by atoms with Crippen LogP contribution in [0.25, 0.3) is 0 Å². The predicted octanol–water partition coefficient (Wildman–Crippen LogP) is 3.86. The number of fused-ring (bicyclic) bond motifs is 1. The molecule has 1 unspecified atom stereocenters. The summed E-state index contributed by atoms with van der Waals surface area (Å²) in [5, 5.41) is 3.57. The molecule has 0 radical (unpaired) electrons. The van der Waals surface area contributed by atoms with Crippen molar-refractivity contribution in [3.8, 4) is 5.75 Å². The van der Waals surface area contributed by atoms with Gasteiger partial charge in [-0.1, -0.05) is 32.0 Å². The van der Waals surface area contributed by atoms with Crippen molar-refractivity contribution in [2.24, 2.45) is 0 Å². The lowest BCUT2D eigenvalue weighted by atomic mass is 9.90. The number of rotatable bonds is 4. The van der Waals surface area contributed by atoms with Crippen molar-refractivity contribution in [1.29, 1.82) is 0 Å². The monoisotopic (exact) mass is 377 g/mol. The zero-order chi connectivity index (χ0) is 18.9. The Hall–Kier alpha value is -1.92. The smallest absolute Gasteiger partial charge is 0.180 e. The Bertz CT molecular complexity index is 890. The van der Waals surface area contributed by atoms with Crippen molar-refractivity contribution in [3.63, 3.8) is 0 Å². The number of hydrogen-bond acceptors (Lipinski definition) is 4. The molecule has 0 aliphatic carbocycles. The van der Waals surface area contributed by atoms with E-state index in [2.05, 4.69) is 5.32 Å². The Morgan fingerprint density at radius 1 is 1.15 bits per heavy atom. The summed E-state index contributed by atoms with van der Waals surface area (Å²) in [5.41, 5.74) is 0.951. The van der Waals surface area contributed by atoms with Crippen LogP contribution in [0.2, 0.25) is 0 Å². The van der Waals surface area contributed by atoms with Gasteiger partial charge in [0.2, 0.25) is 0 Å². The molecular weight excluding hydrogens is 353 g/mol. The van der Waals surface area contributed by atoms with E-state index in [1.807, 2.05) is 13.8 Å². The molecule has 0 spiro atoms. The fourth-order valence-corrected chi connectivity index (χ4v) is 5.81. The first-order valence-electron chi connectivity index (χ1n) is 8.78. The summed E-state index contributed by atoms with van der Waals surface area (Å²) >= 11 is 0. The molecule has 1 atom stereocenters. The lowest BCUT2D eigenvalue weighted by Gasteiger charge is -2.34. The molecule has 4 nitrogen and oxygen atoms in total. The van der Waals surface area contributed by atoms with Crippen LogP contribution in [0.3, 0.4) is 0 Å². The molecule has 0 aromatic heterocycles. The first kappa shape index (κ1) is 18.9. The highest BCUT2D eigenvalue weighted by Gasteiger charge is 2.41. The topological polar surface area (TPSA) is 55.4 Å². The number of nitrogens with one attached hydrogen (secondary N) is 1. The van der Waals surface area contributed by atoms with Gasteiger partial charge in [-0.3, -0.25) is 5.32 Å². The Kier molecular flexibility index (Phi) is 5.08. The van der Waals surface area contributed by atoms with E-state index in [4.69, 9.17) is 4.74 Å². The maximum absolute atomic E-state index is 13.4. The third kappa shape index (κ3) is 3.35. The summed E-state index contributed by atoms with van der Waals surface area (Å²) in [6.45, 7) is 3.98. The third-order valence-electron chi connectivity index (χ3n) is 5.34. The van der Waals surface area contributed by atoms with Gasteiger partial charge in [-0.2, -0.15) is 0 Å². The number of hydrogen-bond donors (Lipinski definition) is 1. The van der Waals surface area contributed by atoms with Gasteiger partial charge < -0.3 is 4.74 Å². The van der Waals surface area contributed by atoms with E-state index in [0.717, 1.165) is 5.56 Å². The van der Waals surface area contributed by atoms with Gasteiger partial charge in [0.25, 0.3) is 0 Å². The zero-order valence-corrected chi connectivity index (χ0v) is 16.1. The van der Waals surface area contributed by atoms with E-state index in [9.17, 15) is 12.8 Å². The second kappa shape index (κ2) is 7.00. The van der Waals surface area contributed by atoms with Crippen molar-refractivity contribution in [2.45, 2.75) is 43.2 Å². The van der Waals surface area contributed by atoms with Crippen molar-refractivity contribution >= 4 is 9.84 Å². The highest BCUT2D eigenvalue weighted by atomic mass is 32.2. The Labute approximate surface area is 154 Å². The molecule has 1 aliphatic heterocycles. The Morgan fingerprint density at radius 3 is 2.38 bits per heavy atom. The van der Waals surface area contributed by atoms with Crippen LogP contribution in [0.1, 0.15) is 43.9 Å². The van der Waals surface area contributed by atoms with Crippen LogP contribution in [0.15, 0.2) is 47.4 Å². The number of ether oxygens (including phenoxy) is 1. The van der Waals surface area contributed by atoms with Gasteiger partial charge in [-0.25, -0.2) is 12.8 Å². The van der Waals surface area contributed by atoms with E-state index in [0.29, 0.717) is 24.2 Å². The summed E-state index contributed by atoms with van der Waals surface area (Å²) in [6, 6.07) is 11.0. The van der Waals surface area contributed by atoms with E-state index in [-0.39, 0.29) is 22.5 Å². The minimum atomic E-state index is -3.51. The highest BCUT2D eigenvalue weighted by molar-refractivity contribution is 7.91. The van der Waals surface area contributed by atoms with Crippen molar-refractivity contribution in [1.82, 2.24) is 5.32 Å². The van der Waals surface area contributed by atoms with E-state index >= 15 is 0 Å². The summed E-state index contributed by atoms with van der Waals surface area (Å²) in [6.07, 6.45) is 1.34. The summed E-state index contributed by atoms with van der Waals surface area (Å²) in [7, 11) is -1.99. The molecule has 1 N–H and O–H groups in total. The van der Waals surface area contributed by atoms with Gasteiger partial charge >= 0.3 is 0 Å². The van der Waals surface area contributed by atoms with Crippen LogP contribution in [-0.4, -0.2) is 26.8 Å². The quantitative estimate of drug-likeness (QED) is 0.879. The summed E-state index contributed by atoms with van der Waals surface area (Å²) in [5.74, 6) is 0.207. The standard InChI is InChI=1S/C20H24FNO3S/c1-4-20(5-2)13-26(23,24)18-12-16(25-3)10-11-17(18)19(22-20)14-6-8-15(21)9-7-14/h6-12,19,22H,4-5,13H2,1-3H3. The molecule has 1 heterocycles. The van der Waals surface area contributed by atoms with Crippen LogP contribution in [0, 0.1) is 5.82 Å². The number of sulfone groups is 1. The average Bonchev–Trinajstić information content (AvgIpc) is 2.75. The van der Waals surface area contributed by atoms with Gasteiger partial charge in [0.1, 0.15) is 11.6 Å². The van der Waals surface area contributed by atoms with Crippen LogP contribution in [0.4, 0.5) is 4.39 Å². The molecule has 140 valence electrons. The van der Waals surface area contributed by atoms with E-state index in [1.54, 1.807) is 30.3 Å². The molecule has 0 fully saturated rings. The van der Waals surface area contributed by atoms with Gasteiger partial charge in [0, 0.05) is 5.54 Å². The van der Waals surface area contributed by atoms with E-state index < -0.39 is 15.4 Å². The fraction of sp³-hybridized carbons (Fsp3) is 0.400. The molecule has 0 amide bonds. The molecule has 2 aromatic carbocycles.